The first-order chi connectivity index (χ1) is 11.8. The summed E-state index contributed by atoms with van der Waals surface area (Å²) in [6.07, 6.45) is -0.502. The van der Waals surface area contributed by atoms with Crippen LogP contribution in [-0.4, -0.2) is 47.7 Å². The van der Waals surface area contributed by atoms with Gasteiger partial charge in [0.25, 0.3) is 0 Å². The summed E-state index contributed by atoms with van der Waals surface area (Å²) in [6.45, 7) is 5.15. The molecular formula is C18H25F3N2O3. The number of esters is 1. The van der Waals surface area contributed by atoms with Crippen molar-refractivity contribution in [1.82, 2.24) is 4.90 Å². The van der Waals surface area contributed by atoms with Crippen molar-refractivity contribution >= 4 is 11.9 Å². The van der Waals surface area contributed by atoms with Gasteiger partial charge in [-0.15, -0.1) is 6.42 Å². The number of terminal acetylenes is 1. The number of carbonyl (C=O) groups excluding carboxylic acids is 2. The Labute approximate surface area is 151 Å². The van der Waals surface area contributed by atoms with Crippen molar-refractivity contribution in [2.45, 2.75) is 64.4 Å². The number of fused-ring (bicyclic) bond motifs is 4. The first-order valence-electron chi connectivity index (χ1n) is 8.62. The predicted molar refractivity (Wildman–Crippen MR) is 88.5 cm³/mol. The highest BCUT2D eigenvalue weighted by Gasteiger charge is 2.51. The number of hydrogen-bond donors (Lipinski definition) is 1. The number of hydrogen-bond acceptors (Lipinski definition) is 4. The molecule has 1 aliphatic carbocycles. The molecule has 2 aliphatic heterocycles. The maximum atomic E-state index is 12.7. The molecule has 3 fully saturated rings. The summed E-state index contributed by atoms with van der Waals surface area (Å²) < 4.78 is 43.7. The number of ether oxygens (including phenoxy) is 1. The fourth-order valence-electron chi connectivity index (χ4n) is 3.71. The molecule has 0 aromatic carbocycles. The Bertz CT molecular complexity index is 606. The molecule has 2 heterocycles. The summed E-state index contributed by atoms with van der Waals surface area (Å²) in [4.78, 5) is 25.8. The van der Waals surface area contributed by atoms with E-state index in [9.17, 15) is 22.8 Å². The maximum Gasteiger partial charge on any atom is 0.397 e. The monoisotopic (exact) mass is 374 g/mol. The molecule has 0 aromatic rings. The second kappa shape index (κ2) is 7.10. The van der Waals surface area contributed by atoms with E-state index in [4.69, 9.17) is 16.9 Å². The van der Waals surface area contributed by atoms with Crippen LogP contribution in [0.4, 0.5) is 13.2 Å². The minimum Gasteiger partial charge on any atom is -0.458 e. The summed E-state index contributed by atoms with van der Waals surface area (Å²) >= 11 is 0. The normalized spacial score (nSPS) is 31.9. The molecule has 2 bridgehead atoms. The van der Waals surface area contributed by atoms with Crippen molar-refractivity contribution in [3.8, 4) is 12.3 Å². The molecule has 3 aliphatic rings. The number of piperidine rings is 1. The van der Waals surface area contributed by atoms with Crippen LogP contribution in [0.3, 0.4) is 0 Å². The smallest absolute Gasteiger partial charge is 0.397 e. The molecule has 0 radical (unpaired) electrons. The topological polar surface area (TPSA) is 72.6 Å². The van der Waals surface area contributed by atoms with E-state index in [1.807, 2.05) is 0 Å². The molecule has 0 aromatic heterocycles. The molecule has 5 nitrogen and oxygen atoms in total. The van der Waals surface area contributed by atoms with Crippen molar-refractivity contribution in [2.24, 2.45) is 23.0 Å². The summed E-state index contributed by atoms with van der Waals surface area (Å²) in [5.41, 5.74) is 5.36. The van der Waals surface area contributed by atoms with Gasteiger partial charge in [0.2, 0.25) is 5.91 Å². The lowest BCUT2D eigenvalue weighted by molar-refractivity contribution is -0.174. The number of halogens is 3. The van der Waals surface area contributed by atoms with E-state index in [0.717, 1.165) is 4.90 Å². The Balaban J connectivity index is 2.35. The molecule has 26 heavy (non-hydrogen) atoms. The fourth-order valence-corrected chi connectivity index (χ4v) is 3.71. The van der Waals surface area contributed by atoms with Crippen LogP contribution in [0.5, 0.6) is 0 Å². The Morgan fingerprint density at radius 2 is 1.88 bits per heavy atom. The van der Waals surface area contributed by atoms with Crippen molar-refractivity contribution < 1.29 is 27.5 Å². The first kappa shape index (κ1) is 20.6. The summed E-state index contributed by atoms with van der Waals surface area (Å²) in [5, 5.41) is 0. The minimum absolute atomic E-state index is 0.113. The third-order valence-corrected chi connectivity index (χ3v) is 4.92. The zero-order valence-electron chi connectivity index (χ0n) is 15.2. The van der Waals surface area contributed by atoms with Crippen LogP contribution in [-0.2, 0) is 14.3 Å². The van der Waals surface area contributed by atoms with E-state index in [0.29, 0.717) is 12.8 Å². The van der Waals surface area contributed by atoms with Crippen molar-refractivity contribution in [1.29, 1.82) is 0 Å². The van der Waals surface area contributed by atoms with Gasteiger partial charge in [-0.05, 0) is 39.5 Å². The highest BCUT2D eigenvalue weighted by atomic mass is 19.4. The van der Waals surface area contributed by atoms with Crippen LogP contribution in [0.2, 0.25) is 0 Å². The maximum absolute atomic E-state index is 12.7. The number of nitrogens with two attached hydrogens (primary N) is 1. The molecular weight excluding hydrogens is 349 g/mol. The molecule has 1 saturated carbocycles. The number of carbonyl (C=O) groups is 2. The van der Waals surface area contributed by atoms with Crippen molar-refractivity contribution in [3.63, 3.8) is 0 Å². The first-order valence-corrected chi connectivity index (χ1v) is 8.62. The van der Waals surface area contributed by atoms with Crippen LogP contribution in [0.15, 0.2) is 0 Å². The Kier molecular flexibility index (Phi) is 5.62. The van der Waals surface area contributed by atoms with Crippen LogP contribution >= 0.6 is 0 Å². The van der Waals surface area contributed by atoms with E-state index < -0.39 is 54.0 Å². The quantitative estimate of drug-likeness (QED) is 0.593. The SMILES string of the molecule is C#C[C@H]1CC2C[C@@H](N)C([C@H]1OC(=O)C(C)(C)C)N(C(=O)CC(F)(F)F)C2. The lowest BCUT2D eigenvalue weighted by atomic mass is 9.89. The highest BCUT2D eigenvalue weighted by molar-refractivity contribution is 5.78. The fraction of sp³-hybridized carbons (Fsp3) is 0.778. The van der Waals surface area contributed by atoms with Crippen LogP contribution < -0.4 is 5.73 Å². The van der Waals surface area contributed by atoms with Gasteiger partial charge >= 0.3 is 12.1 Å². The van der Waals surface area contributed by atoms with Gasteiger partial charge < -0.3 is 15.4 Å². The summed E-state index contributed by atoms with van der Waals surface area (Å²) in [6, 6.07) is -1.45. The second-order valence-electron chi connectivity index (χ2n) is 8.22. The molecule has 146 valence electrons. The average Bonchev–Trinajstić information content (AvgIpc) is 2.69. The number of rotatable bonds is 2. The van der Waals surface area contributed by atoms with E-state index in [1.165, 1.54) is 0 Å². The molecule has 0 spiro atoms. The Hall–Kier alpha value is -1.75. The van der Waals surface area contributed by atoms with E-state index in [1.54, 1.807) is 20.8 Å². The van der Waals surface area contributed by atoms with Gasteiger partial charge in [-0.2, -0.15) is 13.2 Å². The van der Waals surface area contributed by atoms with Gasteiger partial charge in [0.1, 0.15) is 12.5 Å². The molecule has 3 rings (SSSR count). The summed E-state index contributed by atoms with van der Waals surface area (Å²) in [7, 11) is 0. The molecule has 2 saturated heterocycles. The molecule has 1 amide bonds. The highest BCUT2D eigenvalue weighted by Crippen LogP contribution is 2.39. The van der Waals surface area contributed by atoms with Crippen molar-refractivity contribution in [3.05, 3.63) is 0 Å². The van der Waals surface area contributed by atoms with Crippen LogP contribution in [0.25, 0.3) is 0 Å². The molecule has 8 heteroatoms. The lowest BCUT2D eigenvalue weighted by Gasteiger charge is -2.43. The zero-order valence-corrected chi connectivity index (χ0v) is 15.2. The third-order valence-electron chi connectivity index (χ3n) is 4.92. The van der Waals surface area contributed by atoms with Crippen LogP contribution in [0, 0.1) is 29.6 Å². The predicted octanol–water partition coefficient (Wildman–Crippen LogP) is 2.09. The Morgan fingerprint density at radius 3 is 2.38 bits per heavy atom. The van der Waals surface area contributed by atoms with Gasteiger partial charge in [-0.25, -0.2) is 0 Å². The zero-order chi connectivity index (χ0) is 19.9. The van der Waals surface area contributed by atoms with E-state index in [-0.39, 0.29) is 12.5 Å². The van der Waals surface area contributed by atoms with Crippen LogP contribution in [0.1, 0.15) is 40.0 Å². The van der Waals surface area contributed by atoms with Gasteiger partial charge in [-0.3, -0.25) is 9.59 Å². The number of nitrogens with zero attached hydrogens (tertiary/aromatic N) is 1. The molecule has 2 unspecified atom stereocenters. The number of alkyl halides is 3. The van der Waals surface area contributed by atoms with Gasteiger partial charge in [0.05, 0.1) is 17.4 Å². The average molecular weight is 374 g/mol. The van der Waals surface area contributed by atoms with E-state index in [2.05, 4.69) is 5.92 Å². The largest absolute Gasteiger partial charge is 0.458 e. The van der Waals surface area contributed by atoms with Gasteiger partial charge in [0, 0.05) is 12.6 Å². The number of amides is 1. The van der Waals surface area contributed by atoms with Crippen molar-refractivity contribution in [2.75, 3.05) is 6.54 Å². The van der Waals surface area contributed by atoms with E-state index >= 15 is 0 Å². The molecule has 5 atom stereocenters. The Morgan fingerprint density at radius 1 is 1.27 bits per heavy atom. The second-order valence-corrected chi connectivity index (χ2v) is 8.22. The summed E-state index contributed by atoms with van der Waals surface area (Å²) in [5.74, 6) is 0.399. The lowest BCUT2D eigenvalue weighted by Crippen LogP contribution is -2.61. The molecule has 2 N–H and O–H groups in total. The minimum atomic E-state index is -4.62. The standard InChI is InChI=1S/C18H25F3N2O3/c1-5-11-6-10-7-12(22)14(15(11)26-16(25)17(2,3)4)23(9-10)13(24)8-18(19,20)21/h1,10-12,14-15H,6-9,22H2,2-4H3/t10?,11-,12+,14?,15-/m0/s1. The van der Waals surface area contributed by atoms with Gasteiger partial charge in [-0.1, -0.05) is 5.92 Å². The third kappa shape index (κ3) is 4.50. The van der Waals surface area contributed by atoms with Gasteiger partial charge in [0.15, 0.2) is 0 Å².